The van der Waals surface area contributed by atoms with Crippen molar-refractivity contribution in [1.82, 2.24) is 4.90 Å². The van der Waals surface area contributed by atoms with Crippen molar-refractivity contribution in [2.75, 3.05) is 37.6 Å². The van der Waals surface area contributed by atoms with Crippen molar-refractivity contribution < 1.29 is 0 Å². The molecule has 1 saturated heterocycles. The molecule has 0 spiro atoms. The Morgan fingerprint density at radius 2 is 1.59 bits per heavy atom. The van der Waals surface area contributed by atoms with Gasteiger partial charge in [-0.2, -0.15) is 0 Å². The van der Waals surface area contributed by atoms with Gasteiger partial charge in [0.25, 0.3) is 0 Å². The van der Waals surface area contributed by atoms with Crippen LogP contribution < -0.4 is 10.6 Å². The van der Waals surface area contributed by atoms with Crippen LogP contribution >= 0.6 is 0 Å². The number of piperazine rings is 1. The van der Waals surface area contributed by atoms with E-state index < -0.39 is 0 Å². The van der Waals surface area contributed by atoms with Crippen LogP contribution in [0.4, 0.5) is 5.69 Å². The van der Waals surface area contributed by atoms with Gasteiger partial charge in [-0.15, -0.1) is 0 Å². The van der Waals surface area contributed by atoms with Crippen LogP contribution in [0.15, 0.2) is 24.3 Å². The lowest BCUT2D eigenvalue weighted by Gasteiger charge is -2.37. The fraction of sp³-hybridized carbons (Fsp3) is 0.684. The Morgan fingerprint density at radius 1 is 0.955 bits per heavy atom. The molecule has 3 rings (SSSR count). The molecule has 1 heterocycles. The normalized spacial score (nSPS) is 27.1. The Hall–Kier alpha value is -1.06. The molecule has 2 aliphatic rings. The molecule has 1 aliphatic heterocycles. The molecule has 1 aromatic rings. The molecular weight excluding hydrogens is 270 g/mol. The third-order valence-corrected chi connectivity index (χ3v) is 5.52. The lowest BCUT2D eigenvalue weighted by atomic mass is 9.84. The van der Waals surface area contributed by atoms with Gasteiger partial charge in [-0.3, -0.25) is 4.90 Å². The second-order valence-electron chi connectivity index (χ2n) is 7.23. The van der Waals surface area contributed by atoms with Crippen LogP contribution in [-0.2, 0) is 0 Å². The zero-order valence-electron chi connectivity index (χ0n) is 14.0. The molecule has 0 aromatic heterocycles. The van der Waals surface area contributed by atoms with E-state index in [9.17, 15) is 0 Å². The molecule has 3 nitrogen and oxygen atoms in total. The van der Waals surface area contributed by atoms with Crippen LogP contribution in [0.1, 0.15) is 37.7 Å². The van der Waals surface area contributed by atoms with Crippen LogP contribution in [0.2, 0.25) is 0 Å². The summed E-state index contributed by atoms with van der Waals surface area (Å²) in [5.74, 6) is 0.926. The van der Waals surface area contributed by atoms with Gasteiger partial charge in [-0.25, -0.2) is 0 Å². The Morgan fingerprint density at radius 3 is 2.23 bits per heavy atom. The topological polar surface area (TPSA) is 32.5 Å². The van der Waals surface area contributed by atoms with Gasteiger partial charge in [0.1, 0.15) is 0 Å². The number of anilines is 1. The van der Waals surface area contributed by atoms with Crippen LogP contribution in [0.3, 0.4) is 0 Å². The second-order valence-corrected chi connectivity index (χ2v) is 7.23. The van der Waals surface area contributed by atoms with E-state index in [-0.39, 0.29) is 0 Å². The van der Waals surface area contributed by atoms with E-state index in [2.05, 4.69) is 41.0 Å². The Kier molecular flexibility index (Phi) is 5.37. The van der Waals surface area contributed by atoms with Gasteiger partial charge in [0.15, 0.2) is 0 Å². The molecule has 22 heavy (non-hydrogen) atoms. The number of benzene rings is 1. The maximum Gasteiger partial charge on any atom is 0.0367 e. The maximum atomic E-state index is 6.00. The molecule has 0 amide bonds. The highest BCUT2D eigenvalue weighted by molar-refractivity contribution is 5.47. The molecule has 2 N–H and O–H groups in total. The second kappa shape index (κ2) is 7.47. The molecule has 0 atom stereocenters. The summed E-state index contributed by atoms with van der Waals surface area (Å²) in [7, 11) is 0. The number of hydrogen-bond acceptors (Lipinski definition) is 3. The van der Waals surface area contributed by atoms with Crippen LogP contribution in [-0.4, -0.2) is 43.7 Å². The smallest absolute Gasteiger partial charge is 0.0367 e. The lowest BCUT2D eigenvalue weighted by molar-refractivity contribution is 0.217. The largest absolute Gasteiger partial charge is 0.369 e. The van der Waals surface area contributed by atoms with Crippen molar-refractivity contribution in [3.63, 3.8) is 0 Å². The van der Waals surface area contributed by atoms with Crippen LogP contribution in [0.25, 0.3) is 0 Å². The summed E-state index contributed by atoms with van der Waals surface area (Å²) in [5.41, 5.74) is 8.72. The van der Waals surface area contributed by atoms with Gasteiger partial charge in [0.2, 0.25) is 0 Å². The fourth-order valence-corrected chi connectivity index (χ4v) is 3.83. The molecular formula is C19H31N3. The molecule has 122 valence electrons. The summed E-state index contributed by atoms with van der Waals surface area (Å²) < 4.78 is 0. The molecule has 0 bridgehead atoms. The summed E-state index contributed by atoms with van der Waals surface area (Å²) in [5, 5.41) is 0. The van der Waals surface area contributed by atoms with Crippen molar-refractivity contribution in [3.05, 3.63) is 29.8 Å². The Labute approximate surface area is 135 Å². The molecule has 1 aromatic carbocycles. The van der Waals surface area contributed by atoms with E-state index in [0.717, 1.165) is 5.92 Å². The van der Waals surface area contributed by atoms with E-state index in [1.54, 1.807) is 0 Å². The van der Waals surface area contributed by atoms with Crippen molar-refractivity contribution in [1.29, 1.82) is 0 Å². The van der Waals surface area contributed by atoms with Crippen molar-refractivity contribution in [3.8, 4) is 0 Å². The third kappa shape index (κ3) is 4.23. The highest BCUT2D eigenvalue weighted by atomic mass is 15.3. The maximum absolute atomic E-state index is 6.00. The third-order valence-electron chi connectivity index (χ3n) is 5.52. The first kappa shape index (κ1) is 15.8. The first-order valence-electron chi connectivity index (χ1n) is 9.00. The monoisotopic (exact) mass is 301 g/mol. The molecule has 3 heteroatoms. The number of hydrogen-bond donors (Lipinski definition) is 1. The van der Waals surface area contributed by atoms with Crippen molar-refractivity contribution >= 4 is 5.69 Å². The quantitative estimate of drug-likeness (QED) is 0.928. The van der Waals surface area contributed by atoms with E-state index in [1.807, 2.05) is 0 Å². The lowest BCUT2D eigenvalue weighted by Crippen LogP contribution is -2.47. The minimum Gasteiger partial charge on any atom is -0.369 e. The van der Waals surface area contributed by atoms with Crippen molar-refractivity contribution in [2.24, 2.45) is 11.7 Å². The molecule has 0 radical (unpaired) electrons. The van der Waals surface area contributed by atoms with Gasteiger partial charge < -0.3 is 10.6 Å². The summed E-state index contributed by atoms with van der Waals surface area (Å²) >= 11 is 0. The predicted octanol–water partition coefficient (Wildman–Crippen LogP) is 3.02. The van der Waals surface area contributed by atoms with Gasteiger partial charge in [0.05, 0.1) is 0 Å². The summed E-state index contributed by atoms with van der Waals surface area (Å²) in [6, 6.07) is 9.44. The van der Waals surface area contributed by atoms with Gasteiger partial charge in [0, 0.05) is 37.9 Å². The van der Waals surface area contributed by atoms with E-state index in [1.165, 1.54) is 76.1 Å². The fourth-order valence-electron chi connectivity index (χ4n) is 3.83. The average Bonchev–Trinajstić information content (AvgIpc) is 2.56. The van der Waals surface area contributed by atoms with Gasteiger partial charge in [-0.05, 0) is 63.6 Å². The highest BCUT2D eigenvalue weighted by Crippen LogP contribution is 2.26. The SMILES string of the molecule is Cc1ccc(N2CCN(CCC3CCC(N)CC3)CC2)cc1. The van der Waals surface area contributed by atoms with Gasteiger partial charge in [-0.1, -0.05) is 17.7 Å². The van der Waals surface area contributed by atoms with Crippen molar-refractivity contribution in [2.45, 2.75) is 45.1 Å². The first-order chi connectivity index (χ1) is 10.7. The number of nitrogens with two attached hydrogens (primary N) is 1. The number of rotatable bonds is 4. The summed E-state index contributed by atoms with van der Waals surface area (Å²) in [6.07, 6.45) is 6.56. The Bertz CT molecular complexity index is 440. The first-order valence-corrected chi connectivity index (χ1v) is 9.00. The van der Waals surface area contributed by atoms with Crippen LogP contribution in [0, 0.1) is 12.8 Å². The predicted molar refractivity (Wildman–Crippen MR) is 94.4 cm³/mol. The molecule has 0 unspecified atom stereocenters. The highest BCUT2D eigenvalue weighted by Gasteiger charge is 2.21. The summed E-state index contributed by atoms with van der Waals surface area (Å²) in [6.45, 7) is 8.18. The number of nitrogens with zero attached hydrogens (tertiary/aromatic N) is 2. The molecule has 2 fully saturated rings. The average molecular weight is 301 g/mol. The zero-order chi connectivity index (χ0) is 15.4. The van der Waals surface area contributed by atoms with Gasteiger partial charge >= 0.3 is 0 Å². The van der Waals surface area contributed by atoms with E-state index in [4.69, 9.17) is 5.73 Å². The molecule has 1 saturated carbocycles. The van der Waals surface area contributed by atoms with E-state index >= 15 is 0 Å². The summed E-state index contributed by atoms with van der Waals surface area (Å²) in [4.78, 5) is 5.18. The van der Waals surface area contributed by atoms with Crippen LogP contribution in [0.5, 0.6) is 0 Å². The zero-order valence-corrected chi connectivity index (χ0v) is 14.0. The minimum atomic E-state index is 0.481. The van der Waals surface area contributed by atoms with E-state index in [0.29, 0.717) is 6.04 Å². The Balaban J connectivity index is 1.39. The standard InChI is InChI=1S/C19H31N3/c1-16-2-8-19(9-3-16)22-14-12-21(13-15-22)11-10-17-4-6-18(20)7-5-17/h2-3,8-9,17-18H,4-7,10-15,20H2,1H3. The molecule has 1 aliphatic carbocycles. The number of aryl methyl sites for hydroxylation is 1. The minimum absolute atomic E-state index is 0.481.